The SMILES string of the molecule is COc1ccc(C)cc1COc1ccc(F)cc1C(C)=O. The molecule has 0 fully saturated rings. The van der Waals surface area contributed by atoms with E-state index in [9.17, 15) is 9.18 Å². The summed E-state index contributed by atoms with van der Waals surface area (Å²) >= 11 is 0. The minimum absolute atomic E-state index is 0.235. The summed E-state index contributed by atoms with van der Waals surface area (Å²) < 4.78 is 24.2. The topological polar surface area (TPSA) is 35.5 Å². The molecule has 0 N–H and O–H groups in total. The minimum Gasteiger partial charge on any atom is -0.496 e. The van der Waals surface area contributed by atoms with Gasteiger partial charge in [-0.2, -0.15) is 0 Å². The first-order chi connectivity index (χ1) is 10.0. The molecule has 0 aliphatic carbocycles. The van der Waals surface area contributed by atoms with E-state index in [4.69, 9.17) is 9.47 Å². The molecule has 0 amide bonds. The van der Waals surface area contributed by atoms with Crippen LogP contribution in [-0.4, -0.2) is 12.9 Å². The predicted molar refractivity (Wildman–Crippen MR) is 78.5 cm³/mol. The third-order valence-corrected chi connectivity index (χ3v) is 3.14. The number of benzene rings is 2. The van der Waals surface area contributed by atoms with Gasteiger partial charge in [0, 0.05) is 5.56 Å². The van der Waals surface area contributed by atoms with Gasteiger partial charge in [-0.3, -0.25) is 4.79 Å². The van der Waals surface area contributed by atoms with Crippen molar-refractivity contribution in [2.24, 2.45) is 0 Å². The first-order valence-electron chi connectivity index (χ1n) is 6.58. The quantitative estimate of drug-likeness (QED) is 0.782. The second kappa shape index (κ2) is 6.39. The summed E-state index contributed by atoms with van der Waals surface area (Å²) in [7, 11) is 1.59. The van der Waals surface area contributed by atoms with E-state index in [1.54, 1.807) is 7.11 Å². The van der Waals surface area contributed by atoms with Crippen molar-refractivity contribution in [2.45, 2.75) is 20.5 Å². The lowest BCUT2D eigenvalue weighted by atomic mass is 10.1. The molecule has 21 heavy (non-hydrogen) atoms. The van der Waals surface area contributed by atoms with Gasteiger partial charge in [-0.25, -0.2) is 4.39 Å². The monoisotopic (exact) mass is 288 g/mol. The average molecular weight is 288 g/mol. The fraction of sp³-hybridized carbons (Fsp3) is 0.235. The highest BCUT2D eigenvalue weighted by Gasteiger charge is 2.11. The molecule has 0 bridgehead atoms. The molecule has 0 aliphatic rings. The molecular formula is C17H17FO3. The highest BCUT2D eigenvalue weighted by molar-refractivity contribution is 5.96. The normalized spacial score (nSPS) is 10.3. The summed E-state index contributed by atoms with van der Waals surface area (Å²) in [6.07, 6.45) is 0. The summed E-state index contributed by atoms with van der Waals surface area (Å²) in [4.78, 5) is 11.5. The maximum atomic E-state index is 13.2. The molecule has 2 rings (SSSR count). The average Bonchev–Trinajstić information content (AvgIpc) is 2.46. The van der Waals surface area contributed by atoms with Crippen LogP contribution in [0.25, 0.3) is 0 Å². The van der Waals surface area contributed by atoms with Gasteiger partial charge < -0.3 is 9.47 Å². The van der Waals surface area contributed by atoms with E-state index in [0.29, 0.717) is 11.5 Å². The Morgan fingerprint density at radius 3 is 2.52 bits per heavy atom. The molecule has 0 heterocycles. The summed E-state index contributed by atoms with van der Waals surface area (Å²) in [5.41, 5.74) is 2.19. The highest BCUT2D eigenvalue weighted by atomic mass is 19.1. The summed E-state index contributed by atoms with van der Waals surface area (Å²) in [5, 5.41) is 0. The van der Waals surface area contributed by atoms with E-state index in [2.05, 4.69) is 0 Å². The highest BCUT2D eigenvalue weighted by Crippen LogP contribution is 2.25. The number of carbonyl (C=O) groups is 1. The molecule has 0 unspecified atom stereocenters. The molecule has 0 spiro atoms. The van der Waals surface area contributed by atoms with Crippen LogP contribution < -0.4 is 9.47 Å². The molecule has 2 aromatic rings. The van der Waals surface area contributed by atoms with Crippen LogP contribution in [-0.2, 0) is 6.61 Å². The molecule has 0 saturated carbocycles. The van der Waals surface area contributed by atoms with Crippen LogP contribution in [0.4, 0.5) is 4.39 Å². The third kappa shape index (κ3) is 3.60. The summed E-state index contributed by atoms with van der Waals surface area (Å²) in [5.74, 6) is 0.390. The van der Waals surface area contributed by atoms with Crippen molar-refractivity contribution in [1.82, 2.24) is 0 Å². The maximum absolute atomic E-state index is 13.2. The van der Waals surface area contributed by atoms with Gasteiger partial charge in [0.2, 0.25) is 0 Å². The van der Waals surface area contributed by atoms with Crippen molar-refractivity contribution in [1.29, 1.82) is 0 Å². The van der Waals surface area contributed by atoms with Crippen molar-refractivity contribution in [2.75, 3.05) is 7.11 Å². The second-order valence-corrected chi connectivity index (χ2v) is 4.80. The Kier molecular flexibility index (Phi) is 4.58. The Hall–Kier alpha value is -2.36. The van der Waals surface area contributed by atoms with Crippen molar-refractivity contribution in [3.05, 3.63) is 58.9 Å². The molecular weight excluding hydrogens is 271 g/mol. The number of hydrogen-bond donors (Lipinski definition) is 0. The number of methoxy groups -OCH3 is 1. The van der Waals surface area contributed by atoms with Crippen LogP contribution in [0.15, 0.2) is 36.4 Å². The Morgan fingerprint density at radius 1 is 1.14 bits per heavy atom. The fourth-order valence-corrected chi connectivity index (χ4v) is 2.08. The Morgan fingerprint density at radius 2 is 1.86 bits per heavy atom. The molecule has 0 aromatic heterocycles. The van der Waals surface area contributed by atoms with Crippen molar-refractivity contribution in [3.8, 4) is 11.5 Å². The number of aryl methyl sites for hydroxylation is 1. The number of ether oxygens (including phenoxy) is 2. The van der Waals surface area contributed by atoms with Crippen LogP contribution >= 0.6 is 0 Å². The van der Waals surface area contributed by atoms with Crippen LogP contribution in [0.2, 0.25) is 0 Å². The van der Waals surface area contributed by atoms with Gasteiger partial charge in [-0.05, 0) is 44.2 Å². The summed E-state index contributed by atoms with van der Waals surface area (Å²) in [6, 6.07) is 9.69. The van der Waals surface area contributed by atoms with E-state index in [0.717, 1.165) is 11.1 Å². The van der Waals surface area contributed by atoms with Crippen LogP contribution in [0.1, 0.15) is 28.4 Å². The lowest BCUT2D eigenvalue weighted by Crippen LogP contribution is -2.03. The Balaban J connectivity index is 2.24. The first kappa shape index (κ1) is 15.0. The number of halogens is 1. The molecule has 0 radical (unpaired) electrons. The number of Topliss-reactive ketones (excluding diaryl/α,β-unsaturated/α-hetero) is 1. The van der Waals surface area contributed by atoms with Crippen LogP contribution in [0.5, 0.6) is 11.5 Å². The predicted octanol–water partition coefficient (Wildman–Crippen LogP) is 3.92. The maximum Gasteiger partial charge on any atom is 0.163 e. The van der Waals surface area contributed by atoms with Gasteiger partial charge in [0.05, 0.1) is 12.7 Å². The smallest absolute Gasteiger partial charge is 0.163 e. The van der Waals surface area contributed by atoms with Gasteiger partial charge in [-0.15, -0.1) is 0 Å². The molecule has 0 aliphatic heterocycles. The van der Waals surface area contributed by atoms with Crippen LogP contribution in [0.3, 0.4) is 0 Å². The largest absolute Gasteiger partial charge is 0.496 e. The van der Waals surface area contributed by atoms with E-state index in [1.165, 1.54) is 25.1 Å². The van der Waals surface area contributed by atoms with Crippen LogP contribution in [0, 0.1) is 12.7 Å². The van der Waals surface area contributed by atoms with Crippen molar-refractivity contribution < 1.29 is 18.7 Å². The first-order valence-corrected chi connectivity index (χ1v) is 6.58. The fourth-order valence-electron chi connectivity index (χ4n) is 2.08. The minimum atomic E-state index is -0.458. The Labute approximate surface area is 123 Å². The zero-order chi connectivity index (χ0) is 15.4. The van der Waals surface area contributed by atoms with E-state index < -0.39 is 5.82 Å². The molecule has 0 saturated heterocycles. The van der Waals surface area contributed by atoms with Crippen molar-refractivity contribution in [3.63, 3.8) is 0 Å². The third-order valence-electron chi connectivity index (χ3n) is 3.14. The van der Waals surface area contributed by atoms with Crippen molar-refractivity contribution >= 4 is 5.78 Å². The molecule has 4 heteroatoms. The van der Waals surface area contributed by atoms with Gasteiger partial charge in [0.25, 0.3) is 0 Å². The number of ketones is 1. The van der Waals surface area contributed by atoms with E-state index in [1.807, 2.05) is 25.1 Å². The zero-order valence-electron chi connectivity index (χ0n) is 12.3. The number of carbonyl (C=O) groups excluding carboxylic acids is 1. The van der Waals surface area contributed by atoms with Gasteiger partial charge >= 0.3 is 0 Å². The zero-order valence-corrected chi connectivity index (χ0v) is 12.3. The molecule has 2 aromatic carbocycles. The van der Waals surface area contributed by atoms with E-state index >= 15 is 0 Å². The molecule has 0 atom stereocenters. The van der Waals surface area contributed by atoms with Gasteiger partial charge in [-0.1, -0.05) is 11.6 Å². The summed E-state index contributed by atoms with van der Waals surface area (Å²) in [6.45, 7) is 3.60. The number of rotatable bonds is 5. The second-order valence-electron chi connectivity index (χ2n) is 4.80. The van der Waals surface area contributed by atoms with Gasteiger partial charge in [0.15, 0.2) is 5.78 Å². The molecule has 3 nitrogen and oxygen atoms in total. The lowest BCUT2D eigenvalue weighted by Gasteiger charge is -2.13. The van der Waals surface area contributed by atoms with E-state index in [-0.39, 0.29) is 18.0 Å². The molecule has 110 valence electrons. The Bertz CT molecular complexity index is 665. The number of hydrogen-bond acceptors (Lipinski definition) is 3. The standard InChI is InChI=1S/C17H17FO3/c1-11-4-6-16(20-3)13(8-11)10-21-17-7-5-14(18)9-15(17)12(2)19/h4-9H,10H2,1-3H3. The lowest BCUT2D eigenvalue weighted by molar-refractivity contribution is 0.101. The van der Waals surface area contributed by atoms with Gasteiger partial charge in [0.1, 0.15) is 23.9 Å².